The molecular formula is C29H24N4O7. The van der Waals surface area contributed by atoms with Gasteiger partial charge in [0.15, 0.2) is 0 Å². The van der Waals surface area contributed by atoms with Crippen molar-refractivity contribution in [2.75, 3.05) is 12.0 Å². The summed E-state index contributed by atoms with van der Waals surface area (Å²) in [5, 5.41) is 22.9. The molecule has 40 heavy (non-hydrogen) atoms. The molecule has 2 heterocycles. The Hall–Kier alpha value is -5.45. The third-order valence-electron chi connectivity index (χ3n) is 6.97. The lowest BCUT2D eigenvalue weighted by Crippen LogP contribution is -2.34. The van der Waals surface area contributed by atoms with E-state index in [9.17, 15) is 29.6 Å². The Labute approximate surface area is 227 Å². The zero-order valence-corrected chi connectivity index (χ0v) is 21.8. The Kier molecular flexibility index (Phi) is 6.56. The van der Waals surface area contributed by atoms with Crippen molar-refractivity contribution in [1.29, 1.82) is 0 Å². The fraction of sp³-hybridized carbons (Fsp3) is 0.138. The van der Waals surface area contributed by atoms with E-state index in [-0.39, 0.29) is 28.1 Å². The predicted octanol–water partition coefficient (Wildman–Crippen LogP) is 4.03. The summed E-state index contributed by atoms with van der Waals surface area (Å²) < 4.78 is 8.07. The summed E-state index contributed by atoms with van der Waals surface area (Å²) in [5.74, 6) is -2.05. The van der Waals surface area contributed by atoms with Crippen LogP contribution < -0.4 is 15.2 Å². The van der Waals surface area contributed by atoms with Crippen LogP contribution in [0.2, 0.25) is 0 Å². The molecule has 0 spiro atoms. The number of aliphatic hydroxyl groups excluding tert-OH is 1. The lowest BCUT2D eigenvalue weighted by Gasteiger charge is -2.24. The molecule has 0 saturated carbocycles. The maximum Gasteiger partial charge on any atom is 0.300 e. The van der Waals surface area contributed by atoms with Crippen molar-refractivity contribution >= 4 is 28.8 Å². The number of hydrogen-bond donors (Lipinski definition) is 1. The van der Waals surface area contributed by atoms with Crippen LogP contribution in [-0.2, 0) is 16.6 Å². The third kappa shape index (κ3) is 4.13. The Bertz CT molecular complexity index is 1750. The number of Topliss-reactive ketones (excluding diaryl/α,β-unsaturated/α-hetero) is 1. The van der Waals surface area contributed by atoms with Gasteiger partial charge in [-0.25, -0.2) is 4.68 Å². The lowest BCUT2D eigenvalue weighted by atomic mass is 9.94. The number of ketones is 1. The minimum Gasteiger partial charge on any atom is -0.507 e. The number of nitrogens with zero attached hydrogens (tertiary/aromatic N) is 4. The Morgan fingerprint density at radius 3 is 2.27 bits per heavy atom. The molecule has 1 aromatic heterocycles. The second-order valence-corrected chi connectivity index (χ2v) is 9.16. The molecule has 11 nitrogen and oxygen atoms in total. The van der Waals surface area contributed by atoms with Crippen molar-refractivity contribution in [2.45, 2.75) is 13.0 Å². The first-order valence-corrected chi connectivity index (χ1v) is 12.2. The van der Waals surface area contributed by atoms with Crippen LogP contribution in [-0.4, -0.2) is 38.2 Å². The van der Waals surface area contributed by atoms with Crippen molar-refractivity contribution in [3.05, 3.63) is 122 Å². The first-order chi connectivity index (χ1) is 19.1. The number of carbonyl (C=O) groups excluding carboxylic acids is 2. The van der Waals surface area contributed by atoms with Gasteiger partial charge in [-0.05, 0) is 48.9 Å². The van der Waals surface area contributed by atoms with Crippen LogP contribution >= 0.6 is 0 Å². The number of methoxy groups -OCH3 is 1. The van der Waals surface area contributed by atoms with E-state index >= 15 is 0 Å². The number of rotatable bonds is 6. The molecule has 0 aliphatic carbocycles. The molecular weight excluding hydrogens is 516 g/mol. The summed E-state index contributed by atoms with van der Waals surface area (Å²) in [6.45, 7) is 1.63. The van der Waals surface area contributed by atoms with E-state index in [0.29, 0.717) is 17.1 Å². The maximum atomic E-state index is 13.9. The van der Waals surface area contributed by atoms with Crippen molar-refractivity contribution in [3.8, 4) is 11.4 Å². The van der Waals surface area contributed by atoms with Crippen LogP contribution in [0.1, 0.15) is 22.9 Å². The number of para-hydroxylation sites is 1. The molecule has 1 saturated heterocycles. The molecule has 11 heteroatoms. The monoisotopic (exact) mass is 540 g/mol. The molecule has 0 radical (unpaired) electrons. The number of hydrogen-bond acceptors (Lipinski definition) is 7. The van der Waals surface area contributed by atoms with Crippen LogP contribution in [0.3, 0.4) is 0 Å². The fourth-order valence-corrected chi connectivity index (χ4v) is 4.92. The molecule has 202 valence electrons. The summed E-state index contributed by atoms with van der Waals surface area (Å²) in [4.78, 5) is 53.0. The fourth-order valence-electron chi connectivity index (χ4n) is 4.92. The minimum atomic E-state index is -1.32. The van der Waals surface area contributed by atoms with Gasteiger partial charge in [-0.1, -0.05) is 30.3 Å². The number of amides is 1. The Morgan fingerprint density at radius 1 is 0.975 bits per heavy atom. The summed E-state index contributed by atoms with van der Waals surface area (Å²) >= 11 is 0. The Balaban J connectivity index is 1.79. The number of benzene rings is 3. The molecule has 5 rings (SSSR count). The standard InChI is InChI=1S/C29H24N4O7/c1-17-24(28(36)32(30(17)2)20-9-5-4-6-10-20)31-25(19-8-7-11-21(16-19)33(38)39)23(27(35)29(31)37)26(34)18-12-14-22(40-3)15-13-18/h4-16,25,34H,1-3H3/t25-/m1/s1. The molecule has 1 aliphatic heterocycles. The first-order valence-electron chi connectivity index (χ1n) is 12.2. The van der Waals surface area contributed by atoms with Gasteiger partial charge in [0.2, 0.25) is 0 Å². The maximum absolute atomic E-state index is 13.9. The van der Waals surface area contributed by atoms with Crippen LogP contribution in [0.15, 0.2) is 89.2 Å². The molecule has 4 aromatic rings. The quantitative estimate of drug-likeness (QED) is 0.128. The molecule has 0 bridgehead atoms. The molecule has 1 aliphatic rings. The van der Waals surface area contributed by atoms with Crippen LogP contribution in [0.4, 0.5) is 11.4 Å². The molecule has 1 atom stereocenters. The summed E-state index contributed by atoms with van der Waals surface area (Å²) in [6.07, 6.45) is 0. The van der Waals surface area contributed by atoms with Crippen LogP contribution in [0, 0.1) is 17.0 Å². The number of nitro groups is 1. The topological polar surface area (TPSA) is 137 Å². The smallest absolute Gasteiger partial charge is 0.300 e. The largest absolute Gasteiger partial charge is 0.507 e. The van der Waals surface area contributed by atoms with Crippen molar-refractivity contribution in [3.63, 3.8) is 0 Å². The van der Waals surface area contributed by atoms with E-state index in [4.69, 9.17) is 4.74 Å². The summed E-state index contributed by atoms with van der Waals surface area (Å²) in [5.41, 5.74) is 0.0649. The van der Waals surface area contributed by atoms with Gasteiger partial charge in [0, 0.05) is 24.7 Å². The van der Waals surface area contributed by atoms with Gasteiger partial charge in [-0.2, -0.15) is 0 Å². The number of anilines is 1. The number of carbonyl (C=O) groups is 2. The highest BCUT2D eigenvalue weighted by atomic mass is 16.6. The van der Waals surface area contributed by atoms with Gasteiger partial charge in [0.05, 0.1) is 35.0 Å². The minimum absolute atomic E-state index is 0.0845. The molecule has 1 fully saturated rings. The van der Waals surface area contributed by atoms with Crippen LogP contribution in [0.25, 0.3) is 11.4 Å². The van der Waals surface area contributed by atoms with Gasteiger partial charge in [0.25, 0.3) is 22.9 Å². The van der Waals surface area contributed by atoms with Gasteiger partial charge in [-0.15, -0.1) is 0 Å². The van der Waals surface area contributed by atoms with E-state index in [0.717, 1.165) is 4.90 Å². The Morgan fingerprint density at radius 2 is 1.65 bits per heavy atom. The van der Waals surface area contributed by atoms with Gasteiger partial charge >= 0.3 is 0 Å². The zero-order chi connectivity index (χ0) is 28.7. The van der Waals surface area contributed by atoms with E-state index in [2.05, 4.69) is 0 Å². The highest BCUT2D eigenvalue weighted by Crippen LogP contribution is 2.43. The first kappa shape index (κ1) is 26.2. The zero-order valence-electron chi connectivity index (χ0n) is 21.8. The average molecular weight is 541 g/mol. The van der Waals surface area contributed by atoms with E-state index < -0.39 is 34.0 Å². The van der Waals surface area contributed by atoms with Gasteiger partial charge < -0.3 is 9.84 Å². The predicted molar refractivity (Wildman–Crippen MR) is 147 cm³/mol. The molecule has 1 N–H and O–H groups in total. The van der Waals surface area contributed by atoms with E-state index in [1.807, 2.05) is 0 Å². The number of aromatic nitrogens is 2. The SMILES string of the molecule is COc1ccc(C(O)=C2C(=O)C(=O)N(c3c(C)n(C)n(-c4ccccc4)c3=O)[C@@H]2c2cccc([N+](=O)[O-])c2)cc1. The normalized spacial score (nSPS) is 16.4. The summed E-state index contributed by atoms with van der Waals surface area (Å²) in [6, 6.07) is 19.0. The third-order valence-corrected chi connectivity index (χ3v) is 6.97. The molecule has 3 aromatic carbocycles. The molecule has 0 unspecified atom stereocenters. The van der Waals surface area contributed by atoms with Gasteiger partial charge in [-0.3, -0.25) is 34.1 Å². The van der Waals surface area contributed by atoms with Crippen molar-refractivity contribution in [2.24, 2.45) is 7.05 Å². The van der Waals surface area contributed by atoms with Crippen molar-refractivity contribution in [1.82, 2.24) is 9.36 Å². The number of nitro benzene ring substituents is 1. The second-order valence-electron chi connectivity index (χ2n) is 9.16. The average Bonchev–Trinajstić information content (AvgIpc) is 3.35. The number of non-ortho nitro benzene ring substituents is 1. The number of aliphatic hydroxyl groups is 1. The van der Waals surface area contributed by atoms with Crippen molar-refractivity contribution < 1.29 is 24.4 Å². The number of ether oxygens (including phenoxy) is 1. The second kappa shape index (κ2) is 10.0. The van der Waals surface area contributed by atoms with Gasteiger partial charge in [0.1, 0.15) is 17.2 Å². The van der Waals surface area contributed by atoms with E-state index in [1.165, 1.54) is 48.2 Å². The highest BCUT2D eigenvalue weighted by molar-refractivity contribution is 6.51. The van der Waals surface area contributed by atoms with Crippen LogP contribution in [0.5, 0.6) is 5.75 Å². The lowest BCUT2D eigenvalue weighted by molar-refractivity contribution is -0.384. The van der Waals surface area contributed by atoms with E-state index in [1.54, 1.807) is 61.1 Å². The summed E-state index contributed by atoms with van der Waals surface area (Å²) in [7, 11) is 3.12. The highest BCUT2D eigenvalue weighted by Gasteiger charge is 2.49. The molecule has 1 amide bonds.